The Kier molecular flexibility index (Phi) is 6.36. The van der Waals surface area contributed by atoms with Crippen LogP contribution in [-0.4, -0.2) is 24.2 Å². The smallest absolute Gasteiger partial charge is 0.306 e. The lowest BCUT2D eigenvalue weighted by atomic mass is 10.1. The van der Waals surface area contributed by atoms with E-state index in [1.54, 1.807) is 6.92 Å². The number of halogens is 1. The first-order valence-corrected chi connectivity index (χ1v) is 6.98. The van der Waals surface area contributed by atoms with Gasteiger partial charge in [-0.2, -0.15) is 0 Å². The molecule has 0 aromatic heterocycles. The van der Waals surface area contributed by atoms with Gasteiger partial charge in [-0.3, -0.25) is 4.79 Å². The van der Waals surface area contributed by atoms with Crippen LogP contribution < -0.4 is 5.32 Å². The second kappa shape index (κ2) is 7.54. The molecule has 1 unspecified atom stereocenters. The van der Waals surface area contributed by atoms with E-state index in [1.165, 1.54) is 11.1 Å². The number of rotatable bonds is 7. The van der Waals surface area contributed by atoms with Crippen LogP contribution >= 0.6 is 15.9 Å². The van der Waals surface area contributed by atoms with Crippen LogP contribution in [0.4, 0.5) is 0 Å². The third kappa shape index (κ3) is 5.19. The number of carboxylic acid groups (broad SMARTS) is 1. The average Bonchev–Trinajstić information content (AvgIpc) is 2.32. The summed E-state index contributed by atoms with van der Waals surface area (Å²) in [4.78, 5) is 10.6. The van der Waals surface area contributed by atoms with Gasteiger partial charge < -0.3 is 10.4 Å². The maximum atomic E-state index is 10.6. The molecule has 0 radical (unpaired) electrons. The average molecular weight is 314 g/mol. The number of nitrogens with one attached hydrogen (secondary N) is 1. The Hall–Kier alpha value is -0.870. The molecule has 0 spiro atoms. The lowest BCUT2D eigenvalue weighted by molar-refractivity contribution is -0.141. The van der Waals surface area contributed by atoms with Crippen molar-refractivity contribution in [2.75, 3.05) is 13.1 Å². The van der Waals surface area contributed by atoms with Crippen molar-refractivity contribution < 1.29 is 9.90 Å². The molecule has 3 nitrogen and oxygen atoms in total. The summed E-state index contributed by atoms with van der Waals surface area (Å²) in [5, 5.41) is 12.0. The molecule has 0 aliphatic heterocycles. The first-order chi connectivity index (χ1) is 8.50. The van der Waals surface area contributed by atoms with E-state index < -0.39 is 5.97 Å². The van der Waals surface area contributed by atoms with Crippen LogP contribution in [0.15, 0.2) is 22.7 Å². The van der Waals surface area contributed by atoms with Gasteiger partial charge in [-0.05, 0) is 56.1 Å². The summed E-state index contributed by atoms with van der Waals surface area (Å²) in [6, 6.07) is 6.28. The van der Waals surface area contributed by atoms with Gasteiger partial charge in [0.15, 0.2) is 0 Å². The monoisotopic (exact) mass is 313 g/mol. The highest BCUT2D eigenvalue weighted by Crippen LogP contribution is 2.16. The van der Waals surface area contributed by atoms with Gasteiger partial charge in [0.1, 0.15) is 0 Å². The molecular formula is C14H20BrNO2. The Morgan fingerprint density at radius 3 is 2.83 bits per heavy atom. The van der Waals surface area contributed by atoms with Crippen LogP contribution in [0.3, 0.4) is 0 Å². The summed E-state index contributed by atoms with van der Waals surface area (Å²) in [6.07, 6.45) is 1.64. The van der Waals surface area contributed by atoms with Gasteiger partial charge in [0.05, 0.1) is 5.92 Å². The highest BCUT2D eigenvalue weighted by Gasteiger charge is 2.09. The molecule has 0 bridgehead atoms. The zero-order valence-corrected chi connectivity index (χ0v) is 12.5. The minimum Gasteiger partial charge on any atom is -0.481 e. The fraction of sp³-hybridized carbons (Fsp3) is 0.500. The number of carboxylic acids is 1. The van der Waals surface area contributed by atoms with E-state index in [-0.39, 0.29) is 5.92 Å². The highest BCUT2D eigenvalue weighted by molar-refractivity contribution is 9.10. The SMILES string of the molecule is Cc1ccc(Br)cc1CCNCCC(C)C(=O)O. The molecule has 0 aliphatic carbocycles. The van der Waals surface area contributed by atoms with Gasteiger partial charge in [-0.25, -0.2) is 0 Å². The van der Waals surface area contributed by atoms with E-state index in [1.807, 2.05) is 6.07 Å². The molecule has 0 amide bonds. The Morgan fingerprint density at radius 1 is 1.44 bits per heavy atom. The van der Waals surface area contributed by atoms with E-state index in [9.17, 15) is 4.79 Å². The quantitative estimate of drug-likeness (QED) is 0.761. The number of aliphatic carboxylic acids is 1. The van der Waals surface area contributed by atoms with Crippen molar-refractivity contribution in [1.29, 1.82) is 0 Å². The molecule has 0 heterocycles. The molecule has 4 heteroatoms. The van der Waals surface area contributed by atoms with Gasteiger partial charge in [0, 0.05) is 4.47 Å². The summed E-state index contributed by atoms with van der Waals surface area (Å²) in [6.45, 7) is 5.47. The normalized spacial score (nSPS) is 12.4. The number of hydrogen-bond donors (Lipinski definition) is 2. The molecule has 0 fully saturated rings. The molecule has 0 aliphatic rings. The van der Waals surface area contributed by atoms with Crippen molar-refractivity contribution in [3.63, 3.8) is 0 Å². The second-order valence-electron chi connectivity index (χ2n) is 4.60. The molecule has 0 saturated carbocycles. The zero-order valence-electron chi connectivity index (χ0n) is 10.9. The standard InChI is InChI=1S/C14H20BrNO2/c1-10-3-4-13(15)9-12(10)6-8-16-7-5-11(2)14(17)18/h3-4,9,11,16H,5-8H2,1-2H3,(H,17,18). The number of aryl methyl sites for hydroxylation is 1. The number of benzene rings is 1. The maximum absolute atomic E-state index is 10.6. The van der Waals surface area contributed by atoms with E-state index >= 15 is 0 Å². The molecule has 1 aromatic carbocycles. The van der Waals surface area contributed by atoms with E-state index in [0.717, 1.165) is 24.0 Å². The van der Waals surface area contributed by atoms with Crippen molar-refractivity contribution in [3.05, 3.63) is 33.8 Å². The summed E-state index contributed by atoms with van der Waals surface area (Å²) in [5.74, 6) is -0.996. The number of carbonyl (C=O) groups is 1. The first-order valence-electron chi connectivity index (χ1n) is 6.19. The Labute approximate surface area is 117 Å². The predicted molar refractivity (Wildman–Crippen MR) is 76.9 cm³/mol. The predicted octanol–water partition coefficient (Wildman–Crippen LogP) is 3.00. The summed E-state index contributed by atoms with van der Waals surface area (Å²) in [7, 11) is 0. The van der Waals surface area contributed by atoms with Gasteiger partial charge >= 0.3 is 5.97 Å². The lowest BCUT2D eigenvalue weighted by Gasteiger charge is -2.09. The van der Waals surface area contributed by atoms with Crippen LogP contribution in [0.2, 0.25) is 0 Å². The minimum absolute atomic E-state index is 0.273. The number of hydrogen-bond acceptors (Lipinski definition) is 2. The van der Waals surface area contributed by atoms with Gasteiger partial charge in [-0.15, -0.1) is 0 Å². The van der Waals surface area contributed by atoms with Crippen molar-refractivity contribution >= 4 is 21.9 Å². The molecular weight excluding hydrogens is 294 g/mol. The van der Waals surface area contributed by atoms with Gasteiger partial charge in [0.25, 0.3) is 0 Å². The third-order valence-electron chi connectivity index (χ3n) is 3.06. The summed E-state index contributed by atoms with van der Waals surface area (Å²) >= 11 is 3.47. The zero-order chi connectivity index (χ0) is 13.5. The van der Waals surface area contributed by atoms with Gasteiger partial charge in [0.2, 0.25) is 0 Å². The van der Waals surface area contributed by atoms with E-state index in [0.29, 0.717) is 6.42 Å². The largest absolute Gasteiger partial charge is 0.481 e. The molecule has 1 aromatic rings. The van der Waals surface area contributed by atoms with Gasteiger partial charge in [-0.1, -0.05) is 28.9 Å². The highest BCUT2D eigenvalue weighted by atomic mass is 79.9. The first kappa shape index (κ1) is 15.2. The van der Waals surface area contributed by atoms with Crippen molar-refractivity contribution in [2.24, 2.45) is 5.92 Å². The second-order valence-corrected chi connectivity index (χ2v) is 5.51. The molecule has 1 atom stereocenters. The molecule has 100 valence electrons. The van der Waals surface area contributed by atoms with Crippen LogP contribution in [0.1, 0.15) is 24.5 Å². The fourth-order valence-electron chi connectivity index (χ4n) is 1.70. The summed E-state index contributed by atoms with van der Waals surface area (Å²) in [5.41, 5.74) is 2.61. The minimum atomic E-state index is -0.723. The lowest BCUT2D eigenvalue weighted by Crippen LogP contribution is -2.22. The third-order valence-corrected chi connectivity index (χ3v) is 3.55. The maximum Gasteiger partial charge on any atom is 0.306 e. The van der Waals surface area contributed by atoms with Crippen LogP contribution in [-0.2, 0) is 11.2 Å². The Bertz CT molecular complexity index is 407. The molecule has 0 saturated heterocycles. The topological polar surface area (TPSA) is 49.3 Å². The Balaban J connectivity index is 2.26. The van der Waals surface area contributed by atoms with Crippen LogP contribution in [0.25, 0.3) is 0 Å². The molecule has 18 heavy (non-hydrogen) atoms. The van der Waals surface area contributed by atoms with Crippen molar-refractivity contribution in [3.8, 4) is 0 Å². The van der Waals surface area contributed by atoms with E-state index in [2.05, 4.69) is 40.3 Å². The van der Waals surface area contributed by atoms with Crippen LogP contribution in [0, 0.1) is 12.8 Å². The molecule has 1 rings (SSSR count). The summed E-state index contributed by atoms with van der Waals surface area (Å²) < 4.78 is 1.10. The molecule has 2 N–H and O–H groups in total. The van der Waals surface area contributed by atoms with Crippen LogP contribution in [0.5, 0.6) is 0 Å². The fourth-order valence-corrected chi connectivity index (χ4v) is 2.11. The van der Waals surface area contributed by atoms with Crippen molar-refractivity contribution in [1.82, 2.24) is 5.32 Å². The van der Waals surface area contributed by atoms with Crippen molar-refractivity contribution in [2.45, 2.75) is 26.7 Å². The van der Waals surface area contributed by atoms with E-state index in [4.69, 9.17) is 5.11 Å². The Morgan fingerprint density at radius 2 is 2.17 bits per heavy atom.